The van der Waals surface area contributed by atoms with Gasteiger partial charge in [0.1, 0.15) is 11.6 Å². The predicted octanol–water partition coefficient (Wildman–Crippen LogP) is 4.19. The Morgan fingerprint density at radius 1 is 1.08 bits per heavy atom. The molecule has 0 fully saturated rings. The largest absolute Gasteiger partial charge is 0.444 e. The molecule has 0 bridgehead atoms. The molecule has 5 nitrogen and oxygen atoms in total. The van der Waals surface area contributed by atoms with Crippen molar-refractivity contribution in [3.63, 3.8) is 0 Å². The highest BCUT2D eigenvalue weighted by Crippen LogP contribution is 2.17. The molecule has 0 saturated heterocycles. The van der Waals surface area contributed by atoms with Crippen molar-refractivity contribution in [3.8, 4) is 0 Å². The zero-order valence-electron chi connectivity index (χ0n) is 16.3. The van der Waals surface area contributed by atoms with Gasteiger partial charge in [0.05, 0.1) is 0 Å². The number of amides is 2. The molecule has 140 valence electrons. The number of rotatable bonds is 7. The van der Waals surface area contributed by atoms with Crippen molar-refractivity contribution < 1.29 is 14.3 Å². The van der Waals surface area contributed by atoms with Crippen molar-refractivity contribution in [1.82, 2.24) is 10.6 Å². The number of hydrogen-bond acceptors (Lipinski definition) is 3. The van der Waals surface area contributed by atoms with Crippen LogP contribution in [0.25, 0.3) is 0 Å². The lowest BCUT2D eigenvalue weighted by Crippen LogP contribution is -2.47. The summed E-state index contributed by atoms with van der Waals surface area (Å²) in [6.45, 7) is 11.6. The Balaban J connectivity index is 2.94. The highest BCUT2D eigenvalue weighted by atomic mass is 16.6. The Morgan fingerprint density at radius 2 is 1.68 bits per heavy atom. The van der Waals surface area contributed by atoms with Gasteiger partial charge in [-0.15, -0.1) is 0 Å². The lowest BCUT2D eigenvalue weighted by atomic mass is 9.98. The van der Waals surface area contributed by atoms with Crippen LogP contribution >= 0.6 is 0 Å². The second-order valence-corrected chi connectivity index (χ2v) is 7.64. The Labute approximate surface area is 151 Å². The van der Waals surface area contributed by atoms with Gasteiger partial charge in [0.25, 0.3) is 0 Å². The van der Waals surface area contributed by atoms with Gasteiger partial charge in [0, 0.05) is 6.04 Å². The summed E-state index contributed by atoms with van der Waals surface area (Å²) in [5, 5.41) is 5.78. The summed E-state index contributed by atoms with van der Waals surface area (Å²) >= 11 is 0. The van der Waals surface area contributed by atoms with Crippen LogP contribution in [0.1, 0.15) is 66.0 Å². The molecule has 25 heavy (non-hydrogen) atoms. The van der Waals surface area contributed by atoms with Gasteiger partial charge in [-0.3, -0.25) is 4.79 Å². The van der Waals surface area contributed by atoms with Gasteiger partial charge in [-0.1, -0.05) is 57.5 Å². The van der Waals surface area contributed by atoms with Crippen molar-refractivity contribution in [2.45, 2.75) is 72.1 Å². The van der Waals surface area contributed by atoms with E-state index < -0.39 is 17.7 Å². The van der Waals surface area contributed by atoms with Crippen LogP contribution < -0.4 is 10.6 Å². The van der Waals surface area contributed by atoms with Crippen molar-refractivity contribution in [2.75, 3.05) is 0 Å². The van der Waals surface area contributed by atoms with Gasteiger partial charge in [-0.2, -0.15) is 0 Å². The summed E-state index contributed by atoms with van der Waals surface area (Å²) < 4.78 is 5.31. The summed E-state index contributed by atoms with van der Waals surface area (Å²) in [6, 6.07) is 8.51. The van der Waals surface area contributed by atoms with Crippen LogP contribution in [0.15, 0.2) is 30.3 Å². The lowest BCUT2D eigenvalue weighted by Gasteiger charge is -2.27. The summed E-state index contributed by atoms with van der Waals surface area (Å²) in [5.74, 6) is 0.103. The minimum absolute atomic E-state index is 0.0733. The van der Waals surface area contributed by atoms with Gasteiger partial charge in [-0.25, -0.2) is 4.79 Å². The van der Waals surface area contributed by atoms with Crippen LogP contribution in [0.4, 0.5) is 4.79 Å². The molecule has 5 heteroatoms. The fourth-order valence-corrected chi connectivity index (χ4v) is 2.52. The maximum Gasteiger partial charge on any atom is 0.408 e. The normalized spacial score (nSPS) is 13.9. The van der Waals surface area contributed by atoms with Crippen LogP contribution in [0.2, 0.25) is 0 Å². The maximum absolute atomic E-state index is 12.9. The highest BCUT2D eigenvalue weighted by molar-refractivity contribution is 5.87. The molecule has 2 unspecified atom stereocenters. The number of alkyl carbamates (subject to hydrolysis) is 1. The van der Waals surface area contributed by atoms with Gasteiger partial charge < -0.3 is 15.4 Å². The average molecular weight is 348 g/mol. The Kier molecular flexibility index (Phi) is 7.94. The van der Waals surface area contributed by atoms with E-state index in [-0.39, 0.29) is 11.9 Å². The van der Waals surface area contributed by atoms with Crippen molar-refractivity contribution in [1.29, 1.82) is 0 Å². The van der Waals surface area contributed by atoms with E-state index in [0.717, 1.165) is 18.4 Å². The van der Waals surface area contributed by atoms with Crippen LogP contribution in [0.5, 0.6) is 0 Å². The second kappa shape index (κ2) is 9.44. The zero-order valence-corrected chi connectivity index (χ0v) is 16.3. The minimum Gasteiger partial charge on any atom is -0.444 e. The van der Waals surface area contributed by atoms with E-state index >= 15 is 0 Å². The van der Waals surface area contributed by atoms with Crippen LogP contribution in [-0.2, 0) is 9.53 Å². The van der Waals surface area contributed by atoms with Crippen molar-refractivity contribution in [3.05, 3.63) is 35.9 Å². The molecule has 2 atom stereocenters. The quantitative estimate of drug-likeness (QED) is 0.776. The molecule has 0 aliphatic heterocycles. The first-order valence-electron chi connectivity index (χ1n) is 8.99. The van der Waals surface area contributed by atoms with E-state index in [1.54, 1.807) is 20.8 Å². The molecule has 0 spiro atoms. The van der Waals surface area contributed by atoms with E-state index in [2.05, 4.69) is 31.4 Å². The molecular weight excluding hydrogens is 316 g/mol. The first kappa shape index (κ1) is 21.0. The molecule has 1 aromatic carbocycles. The van der Waals surface area contributed by atoms with Gasteiger partial charge in [-0.05, 0) is 38.7 Å². The van der Waals surface area contributed by atoms with Crippen LogP contribution in [0.3, 0.4) is 0 Å². The monoisotopic (exact) mass is 348 g/mol. The minimum atomic E-state index is -0.783. The van der Waals surface area contributed by atoms with Gasteiger partial charge in [0.2, 0.25) is 5.91 Å². The molecule has 2 N–H and O–H groups in total. The van der Waals surface area contributed by atoms with E-state index in [1.807, 2.05) is 30.3 Å². The molecule has 0 aliphatic rings. The maximum atomic E-state index is 12.9. The third kappa shape index (κ3) is 7.59. The number of benzene rings is 1. The highest BCUT2D eigenvalue weighted by Gasteiger charge is 2.27. The average Bonchev–Trinajstić information content (AvgIpc) is 2.51. The molecule has 0 aliphatic carbocycles. The lowest BCUT2D eigenvalue weighted by molar-refractivity contribution is -0.124. The first-order chi connectivity index (χ1) is 11.6. The fourth-order valence-electron chi connectivity index (χ4n) is 2.52. The SMILES string of the molecule is CCCC(NC(=O)C(NC(=O)OC(C)(C)C)c1ccccc1)C(C)C. The number of hydrogen-bond donors (Lipinski definition) is 2. The van der Waals surface area contributed by atoms with Crippen LogP contribution in [-0.4, -0.2) is 23.6 Å². The number of carbonyl (C=O) groups excluding carboxylic acids is 2. The number of carbonyl (C=O) groups is 2. The topological polar surface area (TPSA) is 67.4 Å². The third-order valence-electron chi connectivity index (χ3n) is 3.79. The van der Waals surface area contributed by atoms with E-state index in [0.29, 0.717) is 5.92 Å². The molecule has 0 radical (unpaired) electrons. The summed E-state index contributed by atoms with van der Waals surface area (Å²) in [6.07, 6.45) is 1.28. The van der Waals surface area contributed by atoms with E-state index in [9.17, 15) is 9.59 Å². The molecule has 2 amide bonds. The summed E-state index contributed by atoms with van der Waals surface area (Å²) in [7, 11) is 0. The van der Waals surface area contributed by atoms with E-state index in [4.69, 9.17) is 4.74 Å². The summed E-state index contributed by atoms with van der Waals surface area (Å²) in [4.78, 5) is 25.0. The van der Waals surface area contributed by atoms with Gasteiger partial charge in [0.15, 0.2) is 0 Å². The molecule has 1 rings (SSSR count). The Bertz CT molecular complexity index is 550. The third-order valence-corrected chi connectivity index (χ3v) is 3.79. The standard InChI is InChI=1S/C20H32N2O3/c1-7-11-16(14(2)3)21-18(23)17(15-12-9-8-10-13-15)22-19(24)25-20(4,5)6/h8-10,12-14,16-17H,7,11H2,1-6H3,(H,21,23)(H,22,24). The number of ether oxygens (including phenoxy) is 1. The first-order valence-corrected chi connectivity index (χ1v) is 8.99. The second-order valence-electron chi connectivity index (χ2n) is 7.64. The van der Waals surface area contributed by atoms with Crippen LogP contribution in [0, 0.1) is 5.92 Å². The fraction of sp³-hybridized carbons (Fsp3) is 0.600. The number of nitrogens with one attached hydrogen (secondary N) is 2. The molecule has 0 heterocycles. The van der Waals surface area contributed by atoms with E-state index in [1.165, 1.54) is 0 Å². The zero-order chi connectivity index (χ0) is 19.0. The smallest absolute Gasteiger partial charge is 0.408 e. The Hall–Kier alpha value is -2.04. The van der Waals surface area contributed by atoms with Crippen molar-refractivity contribution >= 4 is 12.0 Å². The summed E-state index contributed by atoms with van der Waals surface area (Å²) in [5.41, 5.74) is 0.106. The molecule has 0 aromatic heterocycles. The molecular formula is C20H32N2O3. The molecule has 0 saturated carbocycles. The Morgan fingerprint density at radius 3 is 2.16 bits per heavy atom. The predicted molar refractivity (Wildman–Crippen MR) is 100 cm³/mol. The van der Waals surface area contributed by atoms with Crippen molar-refractivity contribution in [2.24, 2.45) is 5.92 Å². The molecule has 1 aromatic rings. The van der Waals surface area contributed by atoms with Gasteiger partial charge >= 0.3 is 6.09 Å².